The molecule has 0 rings (SSSR count). The van der Waals surface area contributed by atoms with Crippen LogP contribution in [0.5, 0.6) is 0 Å². The van der Waals surface area contributed by atoms with Gasteiger partial charge in [-0.1, -0.05) is 96.8 Å². The van der Waals surface area contributed by atoms with Crippen molar-refractivity contribution >= 4 is 5.97 Å². The van der Waals surface area contributed by atoms with Crippen molar-refractivity contribution < 1.29 is 69.0 Å². The molecule has 0 spiro atoms. The second-order valence-corrected chi connectivity index (χ2v) is 13.6. The van der Waals surface area contributed by atoms with Crippen molar-refractivity contribution in [1.82, 2.24) is 0 Å². The summed E-state index contributed by atoms with van der Waals surface area (Å²) in [5.74, 6) is -0.543. The van der Waals surface area contributed by atoms with Gasteiger partial charge in [-0.05, 0) is 12.8 Å². The van der Waals surface area contributed by atoms with Gasteiger partial charge in [0.05, 0.1) is 79.3 Å². The van der Waals surface area contributed by atoms with E-state index in [0.717, 1.165) is 19.3 Å². The van der Waals surface area contributed by atoms with E-state index in [-0.39, 0.29) is 78.0 Å². The first-order chi connectivity index (χ1) is 25.4. The molecule has 0 aromatic heterocycles. The average molecular weight is 757 g/mol. The zero-order valence-corrected chi connectivity index (χ0v) is 32.2. The van der Waals surface area contributed by atoms with E-state index < -0.39 is 50.3 Å². The van der Waals surface area contributed by atoms with E-state index >= 15 is 0 Å². The smallest absolute Gasteiger partial charge is 0.305 e. The molecule has 0 aliphatic heterocycles. The van der Waals surface area contributed by atoms with Gasteiger partial charge in [-0.3, -0.25) is 4.79 Å². The Bertz CT molecular complexity index is 745. The van der Waals surface area contributed by atoms with Crippen LogP contribution in [0.3, 0.4) is 0 Å². The second-order valence-electron chi connectivity index (χ2n) is 13.6. The topological polar surface area (TPSA) is 214 Å². The first-order valence-electron chi connectivity index (χ1n) is 19.9. The third-order valence-electron chi connectivity index (χ3n) is 8.89. The number of hydrogen-bond donors (Lipinski definition) is 7. The average Bonchev–Trinajstić information content (AvgIpc) is 3.16. The maximum Gasteiger partial charge on any atom is 0.305 e. The molecule has 0 aliphatic carbocycles. The molecule has 0 aromatic rings. The zero-order chi connectivity index (χ0) is 38.5. The molecule has 14 nitrogen and oxygen atoms in total. The van der Waals surface area contributed by atoms with Crippen LogP contribution >= 0.6 is 0 Å². The van der Waals surface area contributed by atoms with Crippen molar-refractivity contribution in [3.05, 3.63) is 0 Å². The van der Waals surface area contributed by atoms with Gasteiger partial charge in [0.25, 0.3) is 0 Å². The molecule has 0 saturated carbocycles. The van der Waals surface area contributed by atoms with Gasteiger partial charge in [0.15, 0.2) is 0 Å². The molecular weight excluding hydrogens is 680 g/mol. The zero-order valence-electron chi connectivity index (χ0n) is 32.2. The Kier molecular flexibility index (Phi) is 37.5. The third-order valence-corrected chi connectivity index (χ3v) is 8.89. The molecule has 5 atom stereocenters. The van der Waals surface area contributed by atoms with Crippen LogP contribution in [0.25, 0.3) is 0 Å². The summed E-state index contributed by atoms with van der Waals surface area (Å²) in [6.07, 6.45) is 15.9. The molecule has 0 aliphatic rings. The molecule has 0 radical (unpaired) electrons. The molecule has 312 valence electrons. The number of rotatable bonds is 41. The number of ether oxygens (including phenoxy) is 6. The molecule has 14 heteroatoms. The van der Waals surface area contributed by atoms with Gasteiger partial charge in [-0.2, -0.15) is 0 Å². The highest BCUT2D eigenvalue weighted by Crippen LogP contribution is 2.14. The molecule has 0 heterocycles. The van der Waals surface area contributed by atoms with Gasteiger partial charge in [-0.15, -0.1) is 0 Å². The standard InChI is InChI=1S/C38H76O14/c1-2-3-4-5-6-7-8-9-10-11-12-13-14-15-16-17-38(46)47-19-18-32(20-39)27-48-34(23-42)29-50-36(25-44)31-52-37(26-45)30-51-35(24-43)28-49-33(21-40)22-41/h32-37,39-45H,2-31H2,1H3. The monoisotopic (exact) mass is 757 g/mol. The van der Waals surface area contributed by atoms with Crippen LogP contribution < -0.4 is 0 Å². The minimum atomic E-state index is -0.799. The number of aliphatic hydroxyl groups excluding tert-OH is 7. The number of carbonyl (C=O) groups excluding carboxylic acids is 1. The molecule has 0 aromatic carbocycles. The lowest BCUT2D eigenvalue weighted by molar-refractivity contribution is -0.145. The number of esters is 1. The van der Waals surface area contributed by atoms with Crippen LogP contribution in [-0.2, 0) is 33.2 Å². The molecule has 0 saturated heterocycles. The van der Waals surface area contributed by atoms with Gasteiger partial charge in [0, 0.05) is 18.9 Å². The van der Waals surface area contributed by atoms with Crippen molar-refractivity contribution in [3.63, 3.8) is 0 Å². The Labute approximate surface area is 313 Å². The van der Waals surface area contributed by atoms with Gasteiger partial charge in [0.1, 0.15) is 30.5 Å². The normalized spacial score (nSPS) is 14.8. The van der Waals surface area contributed by atoms with Crippen LogP contribution in [0.4, 0.5) is 0 Å². The highest BCUT2D eigenvalue weighted by atomic mass is 16.6. The van der Waals surface area contributed by atoms with Gasteiger partial charge < -0.3 is 64.2 Å². The van der Waals surface area contributed by atoms with Crippen molar-refractivity contribution in [2.75, 3.05) is 85.9 Å². The van der Waals surface area contributed by atoms with E-state index in [0.29, 0.717) is 12.8 Å². The first-order valence-corrected chi connectivity index (χ1v) is 19.9. The number of unbranched alkanes of at least 4 members (excludes halogenated alkanes) is 14. The van der Waals surface area contributed by atoms with Gasteiger partial charge in [-0.25, -0.2) is 0 Å². The van der Waals surface area contributed by atoms with Crippen molar-refractivity contribution in [2.24, 2.45) is 5.92 Å². The van der Waals surface area contributed by atoms with Crippen LogP contribution in [0.2, 0.25) is 0 Å². The van der Waals surface area contributed by atoms with Gasteiger partial charge >= 0.3 is 5.97 Å². The van der Waals surface area contributed by atoms with E-state index in [4.69, 9.17) is 38.6 Å². The lowest BCUT2D eigenvalue weighted by Crippen LogP contribution is -2.37. The Balaban J connectivity index is 4.08. The summed E-state index contributed by atoms with van der Waals surface area (Å²) in [5.41, 5.74) is 0. The van der Waals surface area contributed by atoms with E-state index in [9.17, 15) is 30.3 Å². The van der Waals surface area contributed by atoms with Crippen LogP contribution in [0.1, 0.15) is 116 Å². The van der Waals surface area contributed by atoms with E-state index in [2.05, 4.69) is 6.92 Å². The van der Waals surface area contributed by atoms with E-state index in [1.54, 1.807) is 0 Å². The fraction of sp³-hybridized carbons (Fsp3) is 0.974. The summed E-state index contributed by atoms with van der Waals surface area (Å²) in [7, 11) is 0. The summed E-state index contributed by atoms with van der Waals surface area (Å²) < 4.78 is 33.0. The number of aliphatic hydroxyl groups is 7. The molecule has 0 amide bonds. The fourth-order valence-electron chi connectivity index (χ4n) is 5.30. The van der Waals surface area contributed by atoms with Crippen LogP contribution in [0.15, 0.2) is 0 Å². The summed E-state index contributed by atoms with van der Waals surface area (Å²) >= 11 is 0. The second kappa shape index (κ2) is 38.3. The predicted molar refractivity (Wildman–Crippen MR) is 197 cm³/mol. The van der Waals surface area contributed by atoms with E-state index in [1.165, 1.54) is 77.0 Å². The van der Waals surface area contributed by atoms with E-state index in [1.807, 2.05) is 0 Å². The maximum atomic E-state index is 12.2. The first kappa shape index (κ1) is 51.0. The summed E-state index contributed by atoms with van der Waals surface area (Å²) in [5, 5.41) is 66.5. The Morgan fingerprint density at radius 2 is 0.750 bits per heavy atom. The molecular formula is C38H76O14. The van der Waals surface area contributed by atoms with Crippen LogP contribution in [0, 0.1) is 5.92 Å². The highest BCUT2D eigenvalue weighted by Gasteiger charge is 2.20. The van der Waals surface area contributed by atoms with Crippen LogP contribution in [-0.4, -0.2) is 158 Å². The highest BCUT2D eigenvalue weighted by molar-refractivity contribution is 5.69. The maximum absolute atomic E-state index is 12.2. The third kappa shape index (κ3) is 30.3. The molecule has 0 bridgehead atoms. The van der Waals surface area contributed by atoms with Gasteiger partial charge in [0.2, 0.25) is 0 Å². The van der Waals surface area contributed by atoms with Crippen molar-refractivity contribution in [2.45, 2.75) is 147 Å². The lowest BCUT2D eigenvalue weighted by Gasteiger charge is -2.25. The molecule has 5 unspecified atom stereocenters. The fourth-order valence-corrected chi connectivity index (χ4v) is 5.30. The Morgan fingerprint density at radius 1 is 0.423 bits per heavy atom. The number of carbonyl (C=O) groups is 1. The minimum absolute atomic E-state index is 0.0709. The predicted octanol–water partition coefficient (Wildman–Crippen LogP) is 2.67. The lowest BCUT2D eigenvalue weighted by atomic mass is 10.0. The molecule has 7 N–H and O–H groups in total. The number of hydrogen-bond acceptors (Lipinski definition) is 14. The van der Waals surface area contributed by atoms with Crippen molar-refractivity contribution in [3.8, 4) is 0 Å². The quantitative estimate of drug-likeness (QED) is 0.0353. The SMILES string of the molecule is CCCCCCCCCCCCCCCCCC(=O)OCCC(CO)COC(CO)COC(CO)COC(CO)COC(CO)COC(CO)CO. The Hall–Kier alpha value is -1.01. The summed E-state index contributed by atoms with van der Waals surface area (Å²) in [4.78, 5) is 12.2. The van der Waals surface area contributed by atoms with Crippen molar-refractivity contribution in [1.29, 1.82) is 0 Å². The Morgan fingerprint density at radius 3 is 1.10 bits per heavy atom. The minimum Gasteiger partial charge on any atom is -0.466 e. The molecule has 52 heavy (non-hydrogen) atoms. The largest absolute Gasteiger partial charge is 0.466 e. The summed E-state index contributed by atoms with van der Waals surface area (Å²) in [6.45, 7) is -0.369. The summed E-state index contributed by atoms with van der Waals surface area (Å²) in [6, 6.07) is 0. The molecule has 0 fully saturated rings.